The number of benzene rings is 1. The molecule has 0 radical (unpaired) electrons. The van der Waals surface area contributed by atoms with Crippen molar-refractivity contribution in [3.05, 3.63) is 76.2 Å². The normalized spacial score (nSPS) is 19.1. The summed E-state index contributed by atoms with van der Waals surface area (Å²) >= 11 is 0. The Morgan fingerprint density at radius 2 is 1.86 bits per heavy atom. The van der Waals surface area contributed by atoms with Crippen molar-refractivity contribution >= 4 is 27.8 Å². The van der Waals surface area contributed by atoms with Crippen LogP contribution in [0.4, 0.5) is 0 Å². The Balaban J connectivity index is 1.45. The van der Waals surface area contributed by atoms with E-state index in [9.17, 15) is 19.0 Å². The van der Waals surface area contributed by atoms with E-state index in [1.807, 2.05) is 62.7 Å². The van der Waals surface area contributed by atoms with Crippen LogP contribution in [-0.4, -0.2) is 56.4 Å². The first-order valence-electron chi connectivity index (χ1n) is 14.0. The SMILES string of the molecule is Cc1cnc2c(c1)S(O)(O)N(Cc1cc(C(c3cc4cc(C)nnc4n3C)C(C)(C)C(=O)O)ccc1C)CC1(CC1)O2. The van der Waals surface area contributed by atoms with Crippen molar-refractivity contribution in [2.75, 3.05) is 6.54 Å². The smallest absolute Gasteiger partial charge is 0.310 e. The minimum absolute atomic E-state index is 0.250. The standard InChI is InChI=1S/C31H37N5O5S/c1-18-11-25-28(32-15-18)41-31(9-10-31)17-36(42(25,39)40)16-23-13-21(8-7-19(23)2)26(30(4,5)29(37)38)24-14-22-12-20(3)33-34-27(22)35(24)6/h7-8,11-15,26,39-40H,9-10,16-17H2,1-6H3,(H,37,38). The van der Waals surface area contributed by atoms with Crippen LogP contribution < -0.4 is 4.74 Å². The first-order chi connectivity index (χ1) is 19.7. The average Bonchev–Trinajstić information content (AvgIpc) is 3.62. The number of pyridine rings is 1. The van der Waals surface area contributed by atoms with Gasteiger partial charge in [-0.15, -0.1) is 15.9 Å². The summed E-state index contributed by atoms with van der Waals surface area (Å²) in [6, 6.07) is 11.6. The highest BCUT2D eigenvalue weighted by Gasteiger charge is 2.52. The first kappa shape index (κ1) is 28.6. The number of carboxylic acids is 1. The maximum Gasteiger partial charge on any atom is 0.310 e. The topological polar surface area (TPSA) is 134 Å². The fourth-order valence-electron chi connectivity index (χ4n) is 5.97. The molecular weight excluding hydrogens is 554 g/mol. The van der Waals surface area contributed by atoms with E-state index in [0.29, 0.717) is 17.1 Å². The predicted octanol–water partition coefficient (Wildman–Crippen LogP) is 5.98. The third-order valence-corrected chi connectivity index (χ3v) is 10.6. The number of hydrogen-bond acceptors (Lipinski definition) is 8. The summed E-state index contributed by atoms with van der Waals surface area (Å²) in [7, 11) is -1.53. The van der Waals surface area contributed by atoms with E-state index in [2.05, 4.69) is 15.2 Å². The van der Waals surface area contributed by atoms with Gasteiger partial charge in [0, 0.05) is 36.8 Å². The van der Waals surface area contributed by atoms with Crippen LogP contribution in [0.25, 0.3) is 11.0 Å². The molecule has 0 saturated heterocycles. The maximum atomic E-state index is 12.7. The zero-order valence-electron chi connectivity index (χ0n) is 24.7. The molecule has 11 heteroatoms. The lowest BCUT2D eigenvalue weighted by atomic mass is 9.72. The van der Waals surface area contributed by atoms with Gasteiger partial charge in [-0.1, -0.05) is 18.2 Å². The lowest BCUT2D eigenvalue weighted by Gasteiger charge is -2.42. The molecule has 1 saturated carbocycles. The Bertz CT molecular complexity index is 1730. The lowest BCUT2D eigenvalue weighted by molar-refractivity contribution is -0.147. The molecule has 1 unspecified atom stereocenters. The van der Waals surface area contributed by atoms with Crippen molar-refractivity contribution in [1.82, 2.24) is 24.1 Å². The monoisotopic (exact) mass is 591 g/mol. The van der Waals surface area contributed by atoms with E-state index in [0.717, 1.165) is 51.9 Å². The zero-order valence-corrected chi connectivity index (χ0v) is 25.6. The van der Waals surface area contributed by atoms with Crippen molar-refractivity contribution in [2.45, 2.75) is 70.4 Å². The van der Waals surface area contributed by atoms with E-state index in [1.165, 1.54) is 0 Å². The van der Waals surface area contributed by atoms with Gasteiger partial charge in [0.2, 0.25) is 5.88 Å². The number of carbonyl (C=O) groups is 1. The van der Waals surface area contributed by atoms with Crippen LogP contribution in [-0.2, 0) is 18.4 Å². The molecule has 1 spiro atoms. The summed E-state index contributed by atoms with van der Waals surface area (Å²) < 4.78 is 33.2. The number of hydrogen-bond donors (Lipinski definition) is 3. The van der Waals surface area contributed by atoms with Gasteiger partial charge < -0.3 is 14.4 Å². The summed E-state index contributed by atoms with van der Waals surface area (Å²) in [6.07, 6.45) is 3.30. The van der Waals surface area contributed by atoms with Crippen LogP contribution in [0.1, 0.15) is 66.2 Å². The molecule has 6 rings (SSSR count). The second-order valence-corrected chi connectivity index (χ2v) is 14.5. The van der Waals surface area contributed by atoms with Gasteiger partial charge in [-0.05, 0) is 87.9 Å². The number of aromatic nitrogens is 4. The number of fused-ring (bicyclic) bond motifs is 2. The average molecular weight is 592 g/mol. The maximum absolute atomic E-state index is 12.7. The van der Waals surface area contributed by atoms with Crippen LogP contribution >= 0.6 is 10.8 Å². The van der Waals surface area contributed by atoms with Gasteiger partial charge >= 0.3 is 5.97 Å². The van der Waals surface area contributed by atoms with E-state index >= 15 is 0 Å². The molecular formula is C31H37N5O5S. The van der Waals surface area contributed by atoms with Gasteiger partial charge in [-0.25, -0.2) is 4.98 Å². The molecule has 3 aromatic heterocycles. The van der Waals surface area contributed by atoms with Crippen molar-refractivity contribution in [2.24, 2.45) is 12.5 Å². The Labute approximate surface area is 246 Å². The Morgan fingerprint density at radius 1 is 1.12 bits per heavy atom. The Morgan fingerprint density at radius 3 is 2.55 bits per heavy atom. The molecule has 0 amide bonds. The molecule has 4 aromatic rings. The minimum atomic E-state index is -3.41. The third-order valence-electron chi connectivity index (χ3n) is 8.75. The fourth-order valence-corrected chi connectivity index (χ4v) is 7.66. The molecule has 1 fully saturated rings. The van der Waals surface area contributed by atoms with Crippen molar-refractivity contribution < 1.29 is 23.7 Å². The molecule has 10 nitrogen and oxygen atoms in total. The largest absolute Gasteiger partial charge is 0.481 e. The van der Waals surface area contributed by atoms with E-state index < -0.39 is 33.7 Å². The molecule has 1 atom stereocenters. The van der Waals surface area contributed by atoms with Gasteiger partial charge in [-0.2, -0.15) is 9.40 Å². The number of ether oxygens (including phenoxy) is 1. The quantitative estimate of drug-likeness (QED) is 0.247. The van der Waals surface area contributed by atoms with Crippen LogP contribution in [0.5, 0.6) is 5.88 Å². The molecule has 1 aliphatic heterocycles. The Kier molecular flexibility index (Phi) is 6.65. The lowest BCUT2D eigenvalue weighted by Crippen LogP contribution is -2.36. The number of nitrogens with zero attached hydrogens (tertiary/aromatic N) is 5. The number of aryl methyl sites for hydroxylation is 4. The van der Waals surface area contributed by atoms with Gasteiger partial charge in [0.15, 0.2) is 5.65 Å². The van der Waals surface area contributed by atoms with Crippen LogP contribution in [0.3, 0.4) is 0 Å². The molecule has 3 N–H and O–H groups in total. The van der Waals surface area contributed by atoms with E-state index in [1.54, 1.807) is 30.4 Å². The molecule has 222 valence electrons. The second kappa shape index (κ2) is 9.77. The minimum Gasteiger partial charge on any atom is -0.481 e. The van der Waals surface area contributed by atoms with Crippen molar-refractivity contribution in [3.8, 4) is 5.88 Å². The summed E-state index contributed by atoms with van der Waals surface area (Å²) in [6.45, 7) is 9.80. The number of rotatable bonds is 6. The van der Waals surface area contributed by atoms with E-state index in [4.69, 9.17) is 4.74 Å². The molecule has 42 heavy (non-hydrogen) atoms. The van der Waals surface area contributed by atoms with Gasteiger partial charge in [0.1, 0.15) is 10.5 Å². The van der Waals surface area contributed by atoms with Crippen LogP contribution in [0.15, 0.2) is 47.5 Å². The first-order valence-corrected chi connectivity index (χ1v) is 15.5. The number of carboxylic acid groups (broad SMARTS) is 1. The molecule has 1 aromatic carbocycles. The summed E-state index contributed by atoms with van der Waals surface area (Å²) in [5.41, 5.74) is 4.10. The molecule has 2 aliphatic rings. The van der Waals surface area contributed by atoms with Crippen LogP contribution in [0.2, 0.25) is 0 Å². The molecule has 4 heterocycles. The highest BCUT2D eigenvalue weighted by atomic mass is 32.3. The van der Waals surface area contributed by atoms with Gasteiger partial charge in [-0.3, -0.25) is 13.9 Å². The highest BCUT2D eigenvalue weighted by Crippen LogP contribution is 2.61. The van der Waals surface area contributed by atoms with Crippen molar-refractivity contribution in [3.63, 3.8) is 0 Å². The fraction of sp³-hybridized carbons (Fsp3) is 0.419. The van der Waals surface area contributed by atoms with E-state index in [-0.39, 0.29) is 12.4 Å². The van der Waals surface area contributed by atoms with Crippen molar-refractivity contribution in [1.29, 1.82) is 0 Å². The van der Waals surface area contributed by atoms with Gasteiger partial charge in [0.25, 0.3) is 0 Å². The third kappa shape index (κ3) is 4.74. The summed E-state index contributed by atoms with van der Waals surface area (Å²) in [4.78, 5) is 17.4. The molecule has 1 aliphatic carbocycles. The Hall–Kier alpha value is -3.51. The zero-order chi connectivity index (χ0) is 30.2. The number of aliphatic carboxylic acids is 1. The summed E-state index contributed by atoms with van der Waals surface area (Å²) in [5, 5.41) is 19.9. The van der Waals surface area contributed by atoms with Crippen LogP contribution in [0, 0.1) is 26.2 Å². The molecule has 0 bridgehead atoms. The summed E-state index contributed by atoms with van der Waals surface area (Å²) in [5.74, 6) is -1.16. The highest BCUT2D eigenvalue weighted by molar-refractivity contribution is 8.22. The second-order valence-electron chi connectivity index (χ2n) is 12.5. The predicted molar refractivity (Wildman–Crippen MR) is 161 cm³/mol. The van der Waals surface area contributed by atoms with Gasteiger partial charge in [0.05, 0.1) is 17.7 Å².